The van der Waals surface area contributed by atoms with E-state index in [1.807, 2.05) is 12.1 Å². The van der Waals surface area contributed by atoms with Crippen molar-refractivity contribution >= 4 is 34.4 Å². The summed E-state index contributed by atoms with van der Waals surface area (Å²) in [5.41, 5.74) is 2.93. The Labute approximate surface area is 235 Å². The Kier molecular flexibility index (Phi) is 6.68. The van der Waals surface area contributed by atoms with Gasteiger partial charge in [0.2, 0.25) is 5.91 Å². The van der Waals surface area contributed by atoms with E-state index >= 15 is 0 Å². The van der Waals surface area contributed by atoms with Crippen LogP contribution in [0.4, 0.5) is 33.5 Å². The summed E-state index contributed by atoms with van der Waals surface area (Å²) in [5.74, 6) is -3.11. The summed E-state index contributed by atoms with van der Waals surface area (Å²) in [6, 6.07) is 16.1. The third-order valence-corrected chi connectivity index (χ3v) is 6.72. The summed E-state index contributed by atoms with van der Waals surface area (Å²) in [5, 5.41) is 12.2. The zero-order valence-corrected chi connectivity index (χ0v) is 21.6. The molecule has 1 aliphatic carbocycles. The summed E-state index contributed by atoms with van der Waals surface area (Å²) in [7, 11) is 0. The predicted octanol–water partition coefficient (Wildman–Crippen LogP) is 6.99. The van der Waals surface area contributed by atoms with Crippen LogP contribution in [0.1, 0.15) is 17.5 Å². The fourth-order valence-corrected chi connectivity index (χ4v) is 4.36. The number of halogens is 5. The largest absolute Gasteiger partial charge is 0.416 e. The van der Waals surface area contributed by atoms with E-state index in [-0.39, 0.29) is 29.0 Å². The van der Waals surface area contributed by atoms with Gasteiger partial charge in [-0.05, 0) is 53.6 Å². The second-order valence-electron chi connectivity index (χ2n) is 9.80. The van der Waals surface area contributed by atoms with E-state index in [9.17, 15) is 26.7 Å². The normalized spacial score (nSPS) is 16.1. The number of hydrogen-bond donors (Lipinski definition) is 3. The molecule has 2 heterocycles. The molecule has 7 nitrogen and oxygen atoms in total. The van der Waals surface area contributed by atoms with E-state index in [4.69, 9.17) is 0 Å². The maximum absolute atomic E-state index is 13.5. The van der Waals surface area contributed by atoms with Crippen molar-refractivity contribution in [1.29, 1.82) is 0 Å². The van der Waals surface area contributed by atoms with Crippen molar-refractivity contribution in [2.24, 2.45) is 0 Å². The maximum Gasteiger partial charge on any atom is 0.416 e. The summed E-state index contributed by atoms with van der Waals surface area (Å²) in [6.45, 7) is 0. The zero-order chi connectivity index (χ0) is 29.5. The SMILES string of the molecule is O=C(/C=C/c1cccc(-c2nc(Nc3ccc(-c4cn[nH]c4)cc3)c3cc(C(F)(F)F)ccc3n2)c1)NC1CC1(F)F. The Balaban J connectivity index is 1.33. The second-order valence-corrected chi connectivity index (χ2v) is 9.80. The van der Waals surface area contributed by atoms with Crippen LogP contribution in [0.5, 0.6) is 0 Å². The lowest BCUT2D eigenvalue weighted by atomic mass is 10.1. The molecule has 3 N–H and O–H groups in total. The summed E-state index contributed by atoms with van der Waals surface area (Å²) >= 11 is 0. The average Bonchev–Trinajstić information content (AvgIpc) is 3.31. The van der Waals surface area contributed by atoms with Crippen molar-refractivity contribution < 1.29 is 26.7 Å². The lowest BCUT2D eigenvalue weighted by Crippen LogP contribution is -2.27. The van der Waals surface area contributed by atoms with Crippen molar-refractivity contribution in [1.82, 2.24) is 25.5 Å². The van der Waals surface area contributed by atoms with Crippen LogP contribution in [0.25, 0.3) is 39.5 Å². The number of benzene rings is 3. The Morgan fingerprint density at radius 1 is 0.976 bits per heavy atom. The fraction of sp³-hybridized carbons (Fsp3) is 0.133. The number of carbonyl (C=O) groups excluding carboxylic acids is 1. The minimum atomic E-state index is -4.56. The fourth-order valence-electron chi connectivity index (χ4n) is 4.36. The first-order valence-electron chi connectivity index (χ1n) is 12.8. The second kappa shape index (κ2) is 10.4. The summed E-state index contributed by atoms with van der Waals surface area (Å²) in [6.07, 6.45) is 1.11. The molecule has 5 aromatic rings. The van der Waals surface area contributed by atoms with Gasteiger partial charge in [0.25, 0.3) is 5.92 Å². The standard InChI is InChI=1S/C30H21F5N6O/c31-29(32)14-25(29)40-26(42)11-4-17-2-1-3-19(12-17)27-39-24-10-7-21(30(33,34)35)13-23(24)28(41-27)38-22-8-5-18(6-9-22)20-15-36-37-16-20/h1-13,15-16,25H,14H2,(H,36,37)(H,40,42)(H,38,39,41)/b11-4+. The van der Waals surface area contributed by atoms with E-state index in [2.05, 4.69) is 30.8 Å². The summed E-state index contributed by atoms with van der Waals surface area (Å²) in [4.78, 5) is 21.1. The lowest BCUT2D eigenvalue weighted by Gasteiger charge is -2.14. The van der Waals surface area contributed by atoms with Crippen LogP contribution < -0.4 is 10.6 Å². The molecule has 1 fully saturated rings. The molecule has 42 heavy (non-hydrogen) atoms. The Hall–Kier alpha value is -5.13. The molecule has 0 spiro atoms. The van der Waals surface area contributed by atoms with Gasteiger partial charge in [0, 0.05) is 40.9 Å². The molecule has 0 bridgehead atoms. The van der Waals surface area contributed by atoms with Crippen LogP contribution in [0.15, 0.2) is 85.2 Å². The minimum absolute atomic E-state index is 0.169. The molecular formula is C30H21F5N6O. The first-order valence-corrected chi connectivity index (χ1v) is 12.8. The number of H-pyrrole nitrogens is 1. The van der Waals surface area contributed by atoms with Gasteiger partial charge >= 0.3 is 6.18 Å². The van der Waals surface area contributed by atoms with Crippen molar-refractivity contribution in [3.63, 3.8) is 0 Å². The first kappa shape index (κ1) is 27.1. The smallest absolute Gasteiger partial charge is 0.344 e. The molecule has 1 aliphatic rings. The number of amides is 1. The highest BCUT2D eigenvalue weighted by atomic mass is 19.4. The molecule has 0 radical (unpaired) electrons. The molecule has 1 saturated carbocycles. The van der Waals surface area contributed by atoms with Crippen molar-refractivity contribution in [2.45, 2.75) is 24.6 Å². The minimum Gasteiger partial charge on any atom is -0.344 e. The molecular weight excluding hydrogens is 555 g/mol. The van der Waals surface area contributed by atoms with Gasteiger partial charge in [-0.1, -0.05) is 30.3 Å². The molecule has 1 atom stereocenters. The third-order valence-electron chi connectivity index (χ3n) is 6.72. The Morgan fingerprint density at radius 3 is 2.45 bits per heavy atom. The van der Waals surface area contributed by atoms with Gasteiger partial charge in [-0.2, -0.15) is 18.3 Å². The zero-order valence-electron chi connectivity index (χ0n) is 21.6. The van der Waals surface area contributed by atoms with Gasteiger partial charge in [-0.3, -0.25) is 9.89 Å². The molecule has 3 aromatic carbocycles. The number of aromatic amines is 1. The highest BCUT2D eigenvalue weighted by molar-refractivity contribution is 5.94. The van der Waals surface area contributed by atoms with Crippen LogP contribution in [0.2, 0.25) is 0 Å². The van der Waals surface area contributed by atoms with Crippen molar-refractivity contribution in [3.8, 4) is 22.5 Å². The van der Waals surface area contributed by atoms with Gasteiger partial charge in [0.1, 0.15) is 5.82 Å². The number of nitrogens with one attached hydrogen (secondary N) is 3. The van der Waals surface area contributed by atoms with Crippen LogP contribution in [0.3, 0.4) is 0 Å². The average molecular weight is 577 g/mol. The lowest BCUT2D eigenvalue weighted by molar-refractivity contribution is -0.137. The van der Waals surface area contributed by atoms with Crippen molar-refractivity contribution in [3.05, 3.63) is 96.3 Å². The highest BCUT2D eigenvalue weighted by Crippen LogP contribution is 2.41. The molecule has 12 heteroatoms. The van der Waals surface area contributed by atoms with E-state index < -0.39 is 29.6 Å². The number of hydrogen-bond acceptors (Lipinski definition) is 5. The number of carbonyl (C=O) groups is 1. The quantitative estimate of drug-likeness (QED) is 0.143. The number of anilines is 2. The van der Waals surface area contributed by atoms with E-state index in [1.54, 1.807) is 48.8 Å². The number of alkyl halides is 5. The molecule has 2 aromatic heterocycles. The predicted molar refractivity (Wildman–Crippen MR) is 148 cm³/mol. The number of fused-ring (bicyclic) bond motifs is 1. The van der Waals surface area contributed by atoms with Crippen LogP contribution in [-0.2, 0) is 11.0 Å². The molecule has 6 rings (SSSR count). The Morgan fingerprint density at radius 2 is 1.76 bits per heavy atom. The van der Waals surface area contributed by atoms with Crippen LogP contribution >= 0.6 is 0 Å². The molecule has 0 saturated heterocycles. The Bertz CT molecular complexity index is 1800. The first-order chi connectivity index (χ1) is 20.0. The van der Waals surface area contributed by atoms with E-state index in [0.29, 0.717) is 16.8 Å². The van der Waals surface area contributed by atoms with Crippen LogP contribution in [-0.4, -0.2) is 38.0 Å². The van der Waals surface area contributed by atoms with E-state index in [0.717, 1.165) is 29.3 Å². The van der Waals surface area contributed by atoms with Crippen molar-refractivity contribution in [2.75, 3.05) is 5.32 Å². The molecule has 212 valence electrons. The van der Waals surface area contributed by atoms with Gasteiger partial charge in [-0.15, -0.1) is 0 Å². The molecule has 0 aliphatic heterocycles. The summed E-state index contributed by atoms with van der Waals surface area (Å²) < 4.78 is 66.8. The number of nitrogens with zero attached hydrogens (tertiary/aromatic N) is 3. The number of aromatic nitrogens is 4. The monoisotopic (exact) mass is 576 g/mol. The van der Waals surface area contributed by atoms with Gasteiger partial charge < -0.3 is 10.6 Å². The van der Waals surface area contributed by atoms with Crippen LogP contribution in [0, 0.1) is 0 Å². The number of rotatable bonds is 7. The van der Waals surface area contributed by atoms with Gasteiger partial charge in [0.15, 0.2) is 5.82 Å². The van der Waals surface area contributed by atoms with Gasteiger partial charge in [0.05, 0.1) is 23.3 Å². The molecule has 1 amide bonds. The molecule has 1 unspecified atom stereocenters. The highest BCUT2D eigenvalue weighted by Gasteiger charge is 2.57. The maximum atomic E-state index is 13.5. The topological polar surface area (TPSA) is 95.6 Å². The van der Waals surface area contributed by atoms with Gasteiger partial charge in [-0.25, -0.2) is 18.7 Å². The van der Waals surface area contributed by atoms with E-state index in [1.165, 1.54) is 12.1 Å². The third kappa shape index (κ3) is 5.82.